The minimum atomic E-state index is -3.64. The fourth-order valence-corrected chi connectivity index (χ4v) is 5.71. The van der Waals surface area contributed by atoms with E-state index in [2.05, 4.69) is 30.0 Å². The Morgan fingerprint density at radius 1 is 1.06 bits per heavy atom. The quantitative estimate of drug-likeness (QED) is 0.500. The van der Waals surface area contributed by atoms with Gasteiger partial charge in [-0.1, -0.05) is 29.8 Å². The van der Waals surface area contributed by atoms with Gasteiger partial charge in [0.05, 0.1) is 9.92 Å². The molecular formula is C25H24ClN3O3S. The van der Waals surface area contributed by atoms with E-state index in [0.717, 1.165) is 5.69 Å². The SMILES string of the molecule is Cc1cccc(N2CCN(S(=O)(=O)c3ccc(Oc4cccc(Cl)c4C#N)cc3)CC2C)c1. The molecule has 0 saturated carbocycles. The molecule has 0 bridgehead atoms. The van der Waals surface area contributed by atoms with Crippen molar-refractivity contribution < 1.29 is 13.2 Å². The Kier molecular flexibility index (Phi) is 6.61. The van der Waals surface area contributed by atoms with Gasteiger partial charge in [-0.3, -0.25) is 0 Å². The number of aryl methyl sites for hydroxylation is 1. The summed E-state index contributed by atoms with van der Waals surface area (Å²) in [4.78, 5) is 2.45. The zero-order chi connectivity index (χ0) is 23.6. The number of benzene rings is 3. The van der Waals surface area contributed by atoms with Gasteiger partial charge < -0.3 is 9.64 Å². The van der Waals surface area contributed by atoms with Crippen LogP contribution in [0.3, 0.4) is 0 Å². The Morgan fingerprint density at radius 3 is 2.45 bits per heavy atom. The molecule has 33 heavy (non-hydrogen) atoms. The summed E-state index contributed by atoms with van der Waals surface area (Å²) < 4.78 is 33.8. The Morgan fingerprint density at radius 2 is 1.79 bits per heavy atom. The summed E-state index contributed by atoms with van der Waals surface area (Å²) in [6.45, 7) is 5.53. The molecule has 3 aromatic carbocycles. The lowest BCUT2D eigenvalue weighted by Crippen LogP contribution is -2.53. The Balaban J connectivity index is 1.48. The smallest absolute Gasteiger partial charge is 0.243 e. The maximum atomic E-state index is 13.3. The molecule has 170 valence electrons. The van der Waals surface area contributed by atoms with Gasteiger partial charge in [-0.15, -0.1) is 0 Å². The molecule has 3 aromatic rings. The number of ether oxygens (including phenoxy) is 1. The number of nitriles is 1. The van der Waals surface area contributed by atoms with Crippen LogP contribution in [0.5, 0.6) is 11.5 Å². The van der Waals surface area contributed by atoms with Crippen molar-refractivity contribution in [2.24, 2.45) is 0 Å². The Bertz CT molecular complexity index is 1300. The number of anilines is 1. The van der Waals surface area contributed by atoms with Crippen LogP contribution < -0.4 is 9.64 Å². The number of halogens is 1. The highest BCUT2D eigenvalue weighted by Gasteiger charge is 2.32. The van der Waals surface area contributed by atoms with E-state index < -0.39 is 10.0 Å². The van der Waals surface area contributed by atoms with Crippen molar-refractivity contribution in [3.8, 4) is 17.6 Å². The molecule has 0 aliphatic carbocycles. The molecule has 1 fully saturated rings. The van der Waals surface area contributed by atoms with Crippen molar-refractivity contribution in [2.75, 3.05) is 24.5 Å². The molecule has 0 aromatic heterocycles. The molecule has 0 N–H and O–H groups in total. The fourth-order valence-electron chi connectivity index (χ4n) is 3.99. The second-order valence-electron chi connectivity index (χ2n) is 8.04. The van der Waals surface area contributed by atoms with Crippen LogP contribution >= 0.6 is 11.6 Å². The van der Waals surface area contributed by atoms with Crippen molar-refractivity contribution in [2.45, 2.75) is 24.8 Å². The predicted octanol–water partition coefficient (Wildman–Crippen LogP) is 5.21. The normalized spacial score (nSPS) is 16.9. The maximum absolute atomic E-state index is 13.3. The van der Waals surface area contributed by atoms with Gasteiger partial charge in [0.25, 0.3) is 0 Å². The largest absolute Gasteiger partial charge is 0.456 e. The summed E-state index contributed by atoms with van der Waals surface area (Å²) in [6.07, 6.45) is 0. The van der Waals surface area contributed by atoms with E-state index >= 15 is 0 Å². The highest BCUT2D eigenvalue weighted by atomic mass is 35.5. The van der Waals surface area contributed by atoms with E-state index in [1.807, 2.05) is 19.1 Å². The summed E-state index contributed by atoms with van der Waals surface area (Å²) >= 11 is 6.04. The van der Waals surface area contributed by atoms with Crippen LogP contribution in [0.1, 0.15) is 18.1 Å². The van der Waals surface area contributed by atoms with Crippen LogP contribution in [0.4, 0.5) is 5.69 Å². The summed E-state index contributed by atoms with van der Waals surface area (Å²) in [5.74, 6) is 0.743. The Hall–Kier alpha value is -3.05. The van der Waals surface area contributed by atoms with E-state index in [9.17, 15) is 13.7 Å². The third-order valence-corrected chi connectivity index (χ3v) is 7.89. The van der Waals surface area contributed by atoms with Gasteiger partial charge in [-0.05, 0) is 67.9 Å². The van der Waals surface area contributed by atoms with Crippen molar-refractivity contribution in [1.29, 1.82) is 5.26 Å². The van der Waals surface area contributed by atoms with E-state index in [0.29, 0.717) is 36.2 Å². The van der Waals surface area contributed by atoms with Crippen LogP contribution in [0.15, 0.2) is 71.6 Å². The summed E-state index contributed by atoms with van der Waals surface area (Å²) in [5.41, 5.74) is 2.52. The van der Waals surface area contributed by atoms with Crippen molar-refractivity contribution >= 4 is 27.3 Å². The van der Waals surface area contributed by atoms with Crippen molar-refractivity contribution in [1.82, 2.24) is 4.31 Å². The lowest BCUT2D eigenvalue weighted by molar-refractivity contribution is 0.342. The lowest BCUT2D eigenvalue weighted by atomic mass is 10.1. The average molecular weight is 482 g/mol. The van der Waals surface area contributed by atoms with Crippen molar-refractivity contribution in [3.63, 3.8) is 0 Å². The number of piperazine rings is 1. The maximum Gasteiger partial charge on any atom is 0.243 e. The highest BCUT2D eigenvalue weighted by Crippen LogP contribution is 2.31. The summed E-state index contributed by atoms with van der Waals surface area (Å²) in [5, 5.41) is 9.60. The first-order chi connectivity index (χ1) is 15.8. The van der Waals surface area contributed by atoms with Crippen LogP contribution in [0, 0.1) is 18.3 Å². The van der Waals surface area contributed by atoms with Gasteiger partial charge in [-0.2, -0.15) is 9.57 Å². The molecule has 0 amide bonds. The molecule has 0 spiro atoms. The zero-order valence-electron chi connectivity index (χ0n) is 18.4. The minimum Gasteiger partial charge on any atom is -0.456 e. The molecule has 1 heterocycles. The van der Waals surface area contributed by atoms with Gasteiger partial charge >= 0.3 is 0 Å². The van der Waals surface area contributed by atoms with Gasteiger partial charge in [0.1, 0.15) is 23.1 Å². The number of rotatable bonds is 5. The van der Waals surface area contributed by atoms with Crippen LogP contribution in [0.25, 0.3) is 0 Å². The topological polar surface area (TPSA) is 73.6 Å². The summed E-state index contributed by atoms with van der Waals surface area (Å²) in [7, 11) is -3.64. The first-order valence-electron chi connectivity index (χ1n) is 10.6. The molecule has 1 unspecified atom stereocenters. The molecule has 1 atom stereocenters. The van der Waals surface area contributed by atoms with E-state index in [1.54, 1.807) is 30.3 Å². The standard InChI is InChI=1S/C25H24ClN3O3S/c1-18-5-3-6-20(15-18)29-14-13-28(17-19(29)2)33(30,31)22-11-9-21(10-12-22)32-25-8-4-7-24(26)23(25)16-27/h3-12,15,19H,13-14,17H2,1-2H3. The average Bonchev–Trinajstić information content (AvgIpc) is 2.79. The first kappa shape index (κ1) is 23.1. The minimum absolute atomic E-state index is 0.0464. The molecule has 0 radical (unpaired) electrons. The van der Waals surface area contributed by atoms with Gasteiger partial charge in [-0.25, -0.2) is 8.42 Å². The second-order valence-corrected chi connectivity index (χ2v) is 10.4. The second kappa shape index (κ2) is 9.44. The molecule has 1 aliphatic heterocycles. The predicted molar refractivity (Wildman–Crippen MR) is 129 cm³/mol. The van der Waals surface area contributed by atoms with E-state index in [4.69, 9.17) is 16.3 Å². The van der Waals surface area contributed by atoms with Gasteiger partial charge in [0, 0.05) is 31.4 Å². The fraction of sp³-hybridized carbons (Fsp3) is 0.240. The van der Waals surface area contributed by atoms with Gasteiger partial charge in [0.2, 0.25) is 10.0 Å². The van der Waals surface area contributed by atoms with Gasteiger partial charge in [0.15, 0.2) is 0 Å². The molecule has 8 heteroatoms. The molecule has 1 saturated heterocycles. The van der Waals surface area contributed by atoms with E-state index in [-0.39, 0.29) is 16.5 Å². The number of sulfonamides is 1. The van der Waals surface area contributed by atoms with Crippen LogP contribution in [0.2, 0.25) is 5.02 Å². The molecular weight excluding hydrogens is 458 g/mol. The zero-order valence-corrected chi connectivity index (χ0v) is 20.0. The number of nitrogens with zero attached hydrogens (tertiary/aromatic N) is 3. The molecule has 6 nitrogen and oxygen atoms in total. The highest BCUT2D eigenvalue weighted by molar-refractivity contribution is 7.89. The number of hydrogen-bond donors (Lipinski definition) is 0. The van der Waals surface area contributed by atoms with Crippen molar-refractivity contribution in [3.05, 3.63) is 82.9 Å². The molecule has 4 rings (SSSR count). The van der Waals surface area contributed by atoms with E-state index in [1.165, 1.54) is 22.0 Å². The Labute approximate surface area is 199 Å². The van der Waals surface area contributed by atoms with Crippen LogP contribution in [-0.2, 0) is 10.0 Å². The van der Waals surface area contributed by atoms with Crippen LogP contribution in [-0.4, -0.2) is 38.4 Å². The first-order valence-corrected chi connectivity index (χ1v) is 12.4. The molecule has 1 aliphatic rings. The third-order valence-electron chi connectivity index (χ3n) is 5.70. The third kappa shape index (κ3) is 4.83. The number of hydrogen-bond acceptors (Lipinski definition) is 5. The lowest BCUT2D eigenvalue weighted by Gasteiger charge is -2.40. The summed E-state index contributed by atoms with van der Waals surface area (Å²) in [6, 6.07) is 21.5. The monoisotopic (exact) mass is 481 g/mol.